The molecule has 0 radical (unpaired) electrons. The second-order valence-electron chi connectivity index (χ2n) is 1.58. The van der Waals surface area contributed by atoms with E-state index in [9.17, 15) is 0 Å². The van der Waals surface area contributed by atoms with E-state index in [1.54, 1.807) is 0 Å². The Hall–Kier alpha value is 1.11. The van der Waals surface area contributed by atoms with Gasteiger partial charge in [0.15, 0.2) is 17.4 Å². The topological polar surface area (TPSA) is 0 Å². The van der Waals surface area contributed by atoms with Gasteiger partial charge >= 0.3 is 0 Å². The highest BCUT2D eigenvalue weighted by molar-refractivity contribution is 6.44. The summed E-state index contributed by atoms with van der Waals surface area (Å²) >= 11 is 10.8. The molecule has 0 saturated heterocycles. The summed E-state index contributed by atoms with van der Waals surface area (Å²) in [6.45, 7) is 3.95. The van der Waals surface area contributed by atoms with Gasteiger partial charge in [0.05, 0.1) is 0 Å². The molecule has 0 aromatic carbocycles. The van der Waals surface area contributed by atoms with Crippen molar-refractivity contribution in [1.29, 1.82) is 0 Å². The Bertz CT molecular complexity index is 30.7. The summed E-state index contributed by atoms with van der Waals surface area (Å²) in [7, 11) is 0. The van der Waals surface area contributed by atoms with Crippen molar-refractivity contribution in [2.75, 3.05) is 0 Å². The Labute approximate surface area is 65.3 Å². The van der Waals surface area contributed by atoms with E-state index in [2.05, 4.69) is 0 Å². The molecule has 3 heteroatoms. The van der Waals surface area contributed by atoms with Crippen LogP contribution in [0.2, 0.25) is 0 Å². The molecule has 0 unspecified atom stereocenters. The summed E-state index contributed by atoms with van der Waals surface area (Å²) in [5.74, 6) is 0.383. The largest absolute Gasteiger partial charge is 0.187 e. The molecule has 0 aliphatic rings. The van der Waals surface area contributed by atoms with Gasteiger partial charge in [-0.2, -0.15) is 0 Å². The van der Waals surface area contributed by atoms with Crippen molar-refractivity contribution in [1.82, 2.24) is 0 Å². The van der Waals surface area contributed by atoms with Crippen LogP contribution in [0.4, 0.5) is 0 Å². The highest BCUT2D eigenvalue weighted by Gasteiger charge is 2.01. The fourth-order valence-corrected chi connectivity index (χ4v) is 0. The third-order valence-electron chi connectivity index (χ3n) is 0.504. The summed E-state index contributed by atoms with van der Waals surface area (Å²) in [6, 6.07) is 0. The summed E-state index contributed by atoms with van der Waals surface area (Å²) in [5, 5.41) is 0. The van der Waals surface area contributed by atoms with E-state index >= 15 is 0 Å². The first-order chi connectivity index (χ1) is 2.64. The highest BCUT2D eigenvalue weighted by atomic mass is 35.5. The fraction of sp³-hybridized carbons (Fsp3) is 1.00. The molecule has 0 fully saturated rings. The van der Waals surface area contributed by atoms with Crippen molar-refractivity contribution >= 4 is 40.6 Å². The van der Waals surface area contributed by atoms with E-state index in [0.717, 1.165) is 0 Å². The lowest BCUT2D eigenvalue weighted by Crippen LogP contribution is -1.96. The average molecular weight is 157 g/mol. The molecule has 0 bridgehead atoms. The highest BCUT2D eigenvalue weighted by Crippen LogP contribution is 2.12. The van der Waals surface area contributed by atoms with E-state index in [1.807, 2.05) is 13.8 Å². The standard InChI is InChI=1S/C4H8Cl2.Al.3H/c1-3(2)4(5)6;;;;/h3-4H,1-2H3;;;;. The Morgan fingerprint density at radius 3 is 1.29 bits per heavy atom. The van der Waals surface area contributed by atoms with Crippen LogP contribution in [0.25, 0.3) is 0 Å². The molecule has 0 spiro atoms. The lowest BCUT2D eigenvalue weighted by Gasteiger charge is -2.00. The summed E-state index contributed by atoms with van der Waals surface area (Å²) in [5.41, 5.74) is 0. The first-order valence-electron chi connectivity index (χ1n) is 1.92. The number of hydrogen-bond acceptors (Lipinski definition) is 0. The number of rotatable bonds is 1. The van der Waals surface area contributed by atoms with Crippen LogP contribution < -0.4 is 0 Å². The molecule has 0 atom stereocenters. The van der Waals surface area contributed by atoms with Gasteiger partial charge in [0, 0.05) is 0 Å². The Morgan fingerprint density at radius 2 is 1.29 bits per heavy atom. The van der Waals surface area contributed by atoms with Gasteiger partial charge in [-0.15, -0.1) is 23.2 Å². The first kappa shape index (κ1) is 11.0. The fourth-order valence-electron chi connectivity index (χ4n) is 0. The maximum atomic E-state index is 5.38. The third kappa shape index (κ3) is 7.11. The normalized spacial score (nSPS) is 9.43. The molecule has 0 aromatic rings. The van der Waals surface area contributed by atoms with Crippen LogP contribution in [0.3, 0.4) is 0 Å². The third-order valence-corrected chi connectivity index (χ3v) is 1.51. The van der Waals surface area contributed by atoms with Crippen LogP contribution in [0.5, 0.6) is 0 Å². The maximum absolute atomic E-state index is 5.38. The number of alkyl halides is 2. The van der Waals surface area contributed by atoms with Gasteiger partial charge in [-0.1, -0.05) is 13.8 Å². The SMILES string of the molecule is CC(C)C(Cl)Cl.[AlH3]. The monoisotopic (exact) mass is 156 g/mol. The lowest BCUT2D eigenvalue weighted by atomic mass is 10.3. The van der Waals surface area contributed by atoms with Crippen LogP contribution in [0.15, 0.2) is 0 Å². The molecule has 0 saturated carbocycles. The maximum Gasteiger partial charge on any atom is 0.187 e. The van der Waals surface area contributed by atoms with Crippen molar-refractivity contribution in [3.63, 3.8) is 0 Å². The predicted octanol–water partition coefficient (Wildman–Crippen LogP) is 1.26. The summed E-state index contributed by atoms with van der Waals surface area (Å²) in [4.78, 5) is -0.204. The Morgan fingerprint density at radius 1 is 1.14 bits per heavy atom. The van der Waals surface area contributed by atoms with Gasteiger partial charge in [-0.05, 0) is 5.92 Å². The van der Waals surface area contributed by atoms with E-state index in [4.69, 9.17) is 23.2 Å². The van der Waals surface area contributed by atoms with Gasteiger partial charge in [-0.25, -0.2) is 0 Å². The molecule has 0 amide bonds. The van der Waals surface area contributed by atoms with Crippen LogP contribution in [0, 0.1) is 5.92 Å². The van der Waals surface area contributed by atoms with E-state index in [0.29, 0.717) is 5.92 Å². The minimum absolute atomic E-state index is 0. The van der Waals surface area contributed by atoms with Gasteiger partial charge < -0.3 is 0 Å². The Balaban J connectivity index is 0. The van der Waals surface area contributed by atoms with Gasteiger partial charge in [-0.3, -0.25) is 0 Å². The minimum atomic E-state index is -0.204. The predicted molar refractivity (Wildman–Crippen MR) is 40.3 cm³/mol. The zero-order valence-corrected chi connectivity index (χ0v) is 5.42. The molecular formula is C4H11AlCl2. The van der Waals surface area contributed by atoms with Crippen LogP contribution >= 0.6 is 23.2 Å². The molecule has 0 N–H and O–H groups in total. The second-order valence-corrected chi connectivity index (χ2v) is 2.74. The minimum Gasteiger partial charge on any atom is -0.105 e. The second kappa shape index (κ2) is 5.25. The number of hydrogen-bond donors (Lipinski definition) is 0. The van der Waals surface area contributed by atoms with Crippen LogP contribution in [-0.4, -0.2) is 22.2 Å². The molecule has 7 heavy (non-hydrogen) atoms. The van der Waals surface area contributed by atoms with Crippen molar-refractivity contribution in [3.05, 3.63) is 0 Å². The quantitative estimate of drug-likeness (QED) is 0.397. The first-order valence-corrected chi connectivity index (χ1v) is 2.80. The zero-order valence-electron chi connectivity index (χ0n) is 3.91. The van der Waals surface area contributed by atoms with Crippen molar-refractivity contribution < 1.29 is 0 Å². The van der Waals surface area contributed by atoms with Gasteiger partial charge in [0.2, 0.25) is 0 Å². The lowest BCUT2D eigenvalue weighted by molar-refractivity contribution is 0.708. The molecular weight excluding hydrogens is 146 g/mol. The molecule has 0 nitrogen and oxygen atoms in total. The van der Waals surface area contributed by atoms with Gasteiger partial charge in [0.1, 0.15) is 4.84 Å². The van der Waals surface area contributed by atoms with Crippen LogP contribution in [-0.2, 0) is 0 Å². The molecule has 0 aromatic heterocycles. The summed E-state index contributed by atoms with van der Waals surface area (Å²) < 4.78 is 0. The number of halogens is 2. The van der Waals surface area contributed by atoms with E-state index in [-0.39, 0.29) is 22.2 Å². The molecule has 0 rings (SSSR count). The van der Waals surface area contributed by atoms with Crippen molar-refractivity contribution in [3.8, 4) is 0 Å². The van der Waals surface area contributed by atoms with Gasteiger partial charge in [0.25, 0.3) is 0 Å². The summed E-state index contributed by atoms with van der Waals surface area (Å²) in [6.07, 6.45) is 0. The molecule has 44 valence electrons. The average Bonchev–Trinajstić information content (AvgIpc) is 1.36. The molecule has 0 heterocycles. The molecule has 0 aliphatic carbocycles. The van der Waals surface area contributed by atoms with Crippen molar-refractivity contribution in [2.45, 2.75) is 18.7 Å². The smallest absolute Gasteiger partial charge is 0.105 e. The van der Waals surface area contributed by atoms with Crippen molar-refractivity contribution in [2.24, 2.45) is 5.92 Å². The Kier molecular flexibility index (Phi) is 8.24. The molecule has 0 aliphatic heterocycles. The van der Waals surface area contributed by atoms with Crippen LogP contribution in [0.1, 0.15) is 13.8 Å². The van der Waals surface area contributed by atoms with E-state index in [1.165, 1.54) is 0 Å². The van der Waals surface area contributed by atoms with E-state index < -0.39 is 0 Å². The zero-order chi connectivity index (χ0) is 5.15.